The third-order valence-corrected chi connectivity index (χ3v) is 5.05. The van der Waals surface area contributed by atoms with Gasteiger partial charge in [-0.1, -0.05) is 13.8 Å². The van der Waals surface area contributed by atoms with Crippen LogP contribution in [0.2, 0.25) is 0 Å². The first-order valence-electron chi connectivity index (χ1n) is 10.0. The number of alkyl halides is 3. The molecule has 2 aromatic rings. The molecule has 0 spiro atoms. The predicted octanol–water partition coefficient (Wildman–Crippen LogP) is 4.29. The molecule has 1 heterocycles. The van der Waals surface area contributed by atoms with E-state index in [1.807, 2.05) is 6.92 Å². The van der Waals surface area contributed by atoms with Gasteiger partial charge in [0.1, 0.15) is 22.2 Å². The number of carbonyl (C=O) groups is 2. The minimum Gasteiger partial charge on any atom is -0.484 e. The van der Waals surface area contributed by atoms with Crippen molar-refractivity contribution >= 4 is 23.2 Å². The van der Waals surface area contributed by atoms with Crippen LogP contribution in [0.15, 0.2) is 29.6 Å². The van der Waals surface area contributed by atoms with Gasteiger partial charge in [-0.3, -0.25) is 9.59 Å². The summed E-state index contributed by atoms with van der Waals surface area (Å²) in [6, 6.07) is 4.75. The molecule has 2 rings (SSSR count). The van der Waals surface area contributed by atoms with E-state index < -0.39 is 12.3 Å². The van der Waals surface area contributed by atoms with Crippen molar-refractivity contribution in [2.24, 2.45) is 5.92 Å². The lowest BCUT2D eigenvalue weighted by atomic mass is 10.0. The first-order valence-corrected chi connectivity index (χ1v) is 10.9. The fraction of sp³-hybridized carbons (Fsp3) is 0.476. The summed E-state index contributed by atoms with van der Waals surface area (Å²) in [5, 5.41) is 7.72. The second kappa shape index (κ2) is 11.7. The van der Waals surface area contributed by atoms with Crippen LogP contribution < -0.4 is 20.1 Å². The molecule has 1 aromatic carbocycles. The highest BCUT2D eigenvalue weighted by atomic mass is 32.1. The summed E-state index contributed by atoms with van der Waals surface area (Å²) in [4.78, 5) is 28.4. The molecule has 1 atom stereocenters. The Labute approximate surface area is 188 Å². The van der Waals surface area contributed by atoms with Crippen LogP contribution >= 0.6 is 11.3 Å². The maximum atomic E-state index is 12.3. The molecule has 0 aliphatic heterocycles. The first-order chi connectivity index (χ1) is 15.0. The standard InChI is InChI=1S/C21H26F3N3O4S/c1-13(2)4-5-14(3)26-20(29)17-12-32-19(27-17)10-25-18(28)11-30-15-6-8-16(9-7-15)31-21(22,23)24/h6-9,12-14H,4-5,10-11H2,1-3H3,(H,25,28)(H,26,29). The summed E-state index contributed by atoms with van der Waals surface area (Å²) < 4.78 is 45.4. The Kier molecular flexibility index (Phi) is 9.30. The molecule has 1 aromatic heterocycles. The largest absolute Gasteiger partial charge is 0.573 e. The molecule has 0 fully saturated rings. The van der Waals surface area contributed by atoms with Crippen LogP contribution in [0.5, 0.6) is 11.5 Å². The van der Waals surface area contributed by atoms with E-state index in [4.69, 9.17) is 4.74 Å². The van der Waals surface area contributed by atoms with Crippen molar-refractivity contribution in [3.05, 3.63) is 40.3 Å². The van der Waals surface area contributed by atoms with Crippen molar-refractivity contribution in [2.75, 3.05) is 6.61 Å². The Balaban J connectivity index is 1.73. The number of nitrogens with zero attached hydrogens (tertiary/aromatic N) is 1. The summed E-state index contributed by atoms with van der Waals surface area (Å²) in [6.07, 6.45) is -2.87. The van der Waals surface area contributed by atoms with Crippen LogP contribution in [0.1, 0.15) is 49.1 Å². The Hall–Kier alpha value is -2.82. The highest BCUT2D eigenvalue weighted by molar-refractivity contribution is 7.09. The third-order valence-electron chi connectivity index (χ3n) is 4.20. The average Bonchev–Trinajstić information content (AvgIpc) is 3.18. The molecule has 11 heteroatoms. The zero-order valence-electron chi connectivity index (χ0n) is 18.0. The van der Waals surface area contributed by atoms with Gasteiger partial charge >= 0.3 is 6.36 Å². The lowest BCUT2D eigenvalue weighted by Gasteiger charge is -2.14. The predicted molar refractivity (Wildman–Crippen MR) is 114 cm³/mol. The van der Waals surface area contributed by atoms with Gasteiger partial charge in [-0.25, -0.2) is 4.98 Å². The molecule has 0 bridgehead atoms. The number of amides is 2. The molecule has 0 radical (unpaired) electrons. The van der Waals surface area contributed by atoms with Crippen molar-refractivity contribution < 1.29 is 32.2 Å². The van der Waals surface area contributed by atoms with Crippen LogP contribution in [0.3, 0.4) is 0 Å². The zero-order valence-corrected chi connectivity index (χ0v) is 18.8. The molecule has 0 saturated carbocycles. The monoisotopic (exact) mass is 473 g/mol. The summed E-state index contributed by atoms with van der Waals surface area (Å²) >= 11 is 1.25. The molecular weight excluding hydrogens is 447 g/mol. The SMILES string of the molecule is CC(C)CCC(C)NC(=O)c1csc(CNC(=O)COc2ccc(OC(F)(F)F)cc2)n1. The van der Waals surface area contributed by atoms with E-state index >= 15 is 0 Å². The molecule has 7 nitrogen and oxygen atoms in total. The number of thiazole rings is 1. The number of hydrogen-bond donors (Lipinski definition) is 2. The van der Waals surface area contributed by atoms with Gasteiger partial charge in [0.2, 0.25) is 0 Å². The molecule has 0 saturated heterocycles. The van der Waals surface area contributed by atoms with Gasteiger partial charge in [-0.15, -0.1) is 24.5 Å². The van der Waals surface area contributed by atoms with Crippen LogP contribution in [-0.4, -0.2) is 35.8 Å². The highest BCUT2D eigenvalue weighted by Crippen LogP contribution is 2.24. The Morgan fingerprint density at radius 1 is 1.09 bits per heavy atom. The molecule has 2 N–H and O–H groups in total. The van der Waals surface area contributed by atoms with Crippen molar-refractivity contribution in [2.45, 2.75) is 52.6 Å². The summed E-state index contributed by atoms with van der Waals surface area (Å²) in [6.45, 7) is 6.01. The van der Waals surface area contributed by atoms with Gasteiger partial charge < -0.3 is 20.1 Å². The minimum atomic E-state index is -4.77. The van der Waals surface area contributed by atoms with Crippen molar-refractivity contribution in [3.8, 4) is 11.5 Å². The second-order valence-electron chi connectivity index (χ2n) is 7.56. The van der Waals surface area contributed by atoms with Gasteiger partial charge in [0.15, 0.2) is 6.61 Å². The van der Waals surface area contributed by atoms with Crippen molar-refractivity contribution in [1.82, 2.24) is 15.6 Å². The van der Waals surface area contributed by atoms with Gasteiger partial charge in [0, 0.05) is 11.4 Å². The van der Waals surface area contributed by atoms with Crippen LogP contribution in [0, 0.1) is 5.92 Å². The van der Waals surface area contributed by atoms with Crippen LogP contribution in [-0.2, 0) is 11.3 Å². The topological polar surface area (TPSA) is 89.6 Å². The summed E-state index contributed by atoms with van der Waals surface area (Å²) in [5.74, 6) is -0.294. The van der Waals surface area contributed by atoms with Gasteiger partial charge in [0.05, 0.1) is 6.54 Å². The number of aromatic nitrogens is 1. The minimum absolute atomic E-state index is 0.0426. The van der Waals surface area contributed by atoms with E-state index in [0.717, 1.165) is 25.0 Å². The van der Waals surface area contributed by atoms with E-state index in [1.165, 1.54) is 23.5 Å². The second-order valence-corrected chi connectivity index (χ2v) is 8.50. The number of halogens is 3. The fourth-order valence-electron chi connectivity index (χ4n) is 2.56. The number of benzene rings is 1. The number of rotatable bonds is 11. The summed E-state index contributed by atoms with van der Waals surface area (Å²) in [5.41, 5.74) is 0.299. The number of hydrogen-bond acceptors (Lipinski definition) is 6. The molecule has 2 amide bonds. The molecule has 176 valence electrons. The maximum absolute atomic E-state index is 12.3. The third kappa shape index (κ3) is 9.54. The Bertz CT molecular complexity index is 885. The van der Waals surface area contributed by atoms with E-state index in [-0.39, 0.29) is 36.6 Å². The van der Waals surface area contributed by atoms with Crippen LogP contribution in [0.25, 0.3) is 0 Å². The average molecular weight is 474 g/mol. The molecule has 1 unspecified atom stereocenters. The lowest BCUT2D eigenvalue weighted by Crippen LogP contribution is -2.33. The molecule has 32 heavy (non-hydrogen) atoms. The zero-order chi connectivity index (χ0) is 23.7. The normalized spacial score (nSPS) is 12.3. The van der Waals surface area contributed by atoms with E-state index in [2.05, 4.69) is 34.2 Å². The first kappa shape index (κ1) is 25.4. The van der Waals surface area contributed by atoms with E-state index in [0.29, 0.717) is 16.6 Å². The fourth-order valence-corrected chi connectivity index (χ4v) is 3.28. The number of ether oxygens (including phenoxy) is 2. The van der Waals surface area contributed by atoms with E-state index in [9.17, 15) is 22.8 Å². The molecular formula is C21H26F3N3O4S. The summed E-state index contributed by atoms with van der Waals surface area (Å²) in [7, 11) is 0. The number of carbonyl (C=O) groups excluding carboxylic acids is 2. The smallest absolute Gasteiger partial charge is 0.484 e. The van der Waals surface area contributed by atoms with Gasteiger partial charge in [-0.2, -0.15) is 0 Å². The van der Waals surface area contributed by atoms with Gasteiger partial charge in [0.25, 0.3) is 11.8 Å². The quantitative estimate of drug-likeness (QED) is 0.508. The van der Waals surface area contributed by atoms with E-state index in [1.54, 1.807) is 5.38 Å². The number of nitrogens with one attached hydrogen (secondary N) is 2. The molecule has 0 aliphatic carbocycles. The lowest BCUT2D eigenvalue weighted by molar-refractivity contribution is -0.274. The Morgan fingerprint density at radius 2 is 1.75 bits per heavy atom. The van der Waals surface area contributed by atoms with Gasteiger partial charge in [-0.05, 0) is 49.9 Å². The van der Waals surface area contributed by atoms with Crippen molar-refractivity contribution in [3.63, 3.8) is 0 Å². The highest BCUT2D eigenvalue weighted by Gasteiger charge is 2.31. The Morgan fingerprint density at radius 3 is 2.38 bits per heavy atom. The van der Waals surface area contributed by atoms with Crippen LogP contribution in [0.4, 0.5) is 13.2 Å². The molecule has 0 aliphatic rings. The maximum Gasteiger partial charge on any atom is 0.573 e. The van der Waals surface area contributed by atoms with Crippen molar-refractivity contribution in [1.29, 1.82) is 0 Å².